The molecule has 1 heterocycles. The van der Waals surface area contributed by atoms with Crippen LogP contribution < -0.4 is 10.0 Å². The van der Waals surface area contributed by atoms with Crippen molar-refractivity contribution in [1.29, 1.82) is 0 Å². The third-order valence-electron chi connectivity index (χ3n) is 3.38. The van der Waals surface area contributed by atoms with E-state index in [0.29, 0.717) is 18.0 Å². The van der Waals surface area contributed by atoms with Crippen molar-refractivity contribution in [3.63, 3.8) is 0 Å². The minimum Gasteiger partial charge on any atom is -0.316 e. The van der Waals surface area contributed by atoms with Crippen molar-refractivity contribution < 1.29 is 12.8 Å². The lowest BCUT2D eigenvalue weighted by molar-refractivity contribution is 0.515. The number of halogens is 1. The van der Waals surface area contributed by atoms with Crippen LogP contribution in [0.25, 0.3) is 0 Å². The third-order valence-corrected chi connectivity index (χ3v) is 4.88. The van der Waals surface area contributed by atoms with Crippen LogP contribution in [-0.4, -0.2) is 28.1 Å². The van der Waals surface area contributed by atoms with Crippen LogP contribution >= 0.6 is 0 Å². The summed E-state index contributed by atoms with van der Waals surface area (Å²) in [6.45, 7) is 3.99. The van der Waals surface area contributed by atoms with Crippen LogP contribution in [0.3, 0.4) is 0 Å². The van der Waals surface area contributed by atoms with Gasteiger partial charge in [0.15, 0.2) is 0 Å². The minimum absolute atomic E-state index is 0.275. The predicted molar refractivity (Wildman–Crippen MR) is 71.9 cm³/mol. The van der Waals surface area contributed by atoms with Gasteiger partial charge in [-0.15, -0.1) is 0 Å². The first-order chi connectivity index (χ1) is 8.99. The number of hydrogen-bond acceptors (Lipinski definition) is 3. The van der Waals surface area contributed by atoms with E-state index in [0.717, 1.165) is 25.9 Å². The lowest BCUT2D eigenvalue weighted by Crippen LogP contribution is -2.27. The Kier molecular flexibility index (Phi) is 4.54. The Labute approximate surface area is 113 Å². The average molecular weight is 286 g/mol. The Hall–Kier alpha value is -0.980. The molecule has 106 valence electrons. The highest BCUT2D eigenvalue weighted by Gasteiger charge is 2.20. The van der Waals surface area contributed by atoms with Gasteiger partial charge in [0, 0.05) is 6.54 Å². The number of benzene rings is 1. The molecule has 2 rings (SSSR count). The fraction of sp³-hybridized carbons (Fsp3) is 0.538. The molecule has 1 aliphatic heterocycles. The van der Waals surface area contributed by atoms with Gasteiger partial charge in [-0.1, -0.05) is 6.07 Å². The SMILES string of the molecule is Cc1ccc(S(=O)(=O)NCCC2CCNC2)c(F)c1. The van der Waals surface area contributed by atoms with Gasteiger partial charge < -0.3 is 5.32 Å². The second-order valence-corrected chi connectivity index (χ2v) is 6.71. The maximum Gasteiger partial charge on any atom is 0.243 e. The molecule has 1 aliphatic rings. The fourth-order valence-electron chi connectivity index (χ4n) is 2.26. The van der Waals surface area contributed by atoms with Gasteiger partial charge in [-0.2, -0.15) is 0 Å². The summed E-state index contributed by atoms with van der Waals surface area (Å²) in [7, 11) is -3.74. The van der Waals surface area contributed by atoms with E-state index in [-0.39, 0.29) is 4.90 Å². The lowest BCUT2D eigenvalue weighted by Gasteiger charge is -2.10. The number of nitrogens with one attached hydrogen (secondary N) is 2. The molecule has 0 bridgehead atoms. The zero-order valence-electron chi connectivity index (χ0n) is 10.9. The van der Waals surface area contributed by atoms with Gasteiger partial charge >= 0.3 is 0 Å². The molecule has 0 amide bonds. The van der Waals surface area contributed by atoms with Gasteiger partial charge in [-0.25, -0.2) is 17.5 Å². The standard InChI is InChI=1S/C13H19FN2O2S/c1-10-2-3-13(12(14)8-10)19(17,18)16-7-5-11-4-6-15-9-11/h2-3,8,11,15-16H,4-7,9H2,1H3. The molecule has 0 saturated carbocycles. The second-order valence-electron chi connectivity index (χ2n) is 4.98. The molecule has 1 unspecified atom stereocenters. The van der Waals surface area contributed by atoms with Crippen molar-refractivity contribution in [3.05, 3.63) is 29.6 Å². The number of aryl methyl sites for hydroxylation is 1. The zero-order valence-corrected chi connectivity index (χ0v) is 11.8. The summed E-state index contributed by atoms with van der Waals surface area (Å²) in [4.78, 5) is -0.275. The first kappa shape index (κ1) is 14.4. The Morgan fingerprint density at radius 2 is 2.26 bits per heavy atom. The number of sulfonamides is 1. The average Bonchev–Trinajstić information content (AvgIpc) is 2.81. The maximum absolute atomic E-state index is 13.6. The molecule has 0 spiro atoms. The van der Waals surface area contributed by atoms with Crippen LogP contribution in [-0.2, 0) is 10.0 Å². The molecule has 0 aromatic heterocycles. The highest BCUT2D eigenvalue weighted by atomic mass is 32.2. The van der Waals surface area contributed by atoms with E-state index in [4.69, 9.17) is 0 Å². The molecule has 1 aromatic rings. The van der Waals surface area contributed by atoms with Crippen LogP contribution in [0.1, 0.15) is 18.4 Å². The Morgan fingerprint density at radius 3 is 2.89 bits per heavy atom. The predicted octanol–water partition coefficient (Wildman–Crippen LogP) is 1.41. The summed E-state index contributed by atoms with van der Waals surface area (Å²) in [6.07, 6.45) is 1.85. The first-order valence-corrected chi connectivity index (χ1v) is 7.94. The van der Waals surface area contributed by atoms with E-state index in [1.165, 1.54) is 12.1 Å². The van der Waals surface area contributed by atoms with Crippen molar-refractivity contribution >= 4 is 10.0 Å². The topological polar surface area (TPSA) is 58.2 Å². The van der Waals surface area contributed by atoms with Gasteiger partial charge in [0.05, 0.1) is 0 Å². The minimum atomic E-state index is -3.74. The molecule has 1 saturated heterocycles. The largest absolute Gasteiger partial charge is 0.316 e. The second kappa shape index (κ2) is 5.98. The zero-order chi connectivity index (χ0) is 13.9. The molecule has 0 aliphatic carbocycles. The Balaban J connectivity index is 1.97. The molecule has 6 heteroatoms. The summed E-state index contributed by atoms with van der Waals surface area (Å²) < 4.78 is 40.1. The van der Waals surface area contributed by atoms with Gasteiger partial charge in [0.1, 0.15) is 10.7 Å². The van der Waals surface area contributed by atoms with Gasteiger partial charge in [-0.3, -0.25) is 0 Å². The molecule has 19 heavy (non-hydrogen) atoms. The van der Waals surface area contributed by atoms with E-state index in [1.54, 1.807) is 13.0 Å². The molecule has 1 aromatic carbocycles. The Bertz CT molecular complexity index is 540. The summed E-state index contributed by atoms with van der Waals surface area (Å²) in [5.41, 5.74) is 0.702. The van der Waals surface area contributed by atoms with Crippen molar-refractivity contribution in [2.45, 2.75) is 24.7 Å². The van der Waals surface area contributed by atoms with Gasteiger partial charge in [0.25, 0.3) is 0 Å². The Morgan fingerprint density at radius 1 is 1.47 bits per heavy atom. The van der Waals surface area contributed by atoms with Crippen molar-refractivity contribution in [2.75, 3.05) is 19.6 Å². The van der Waals surface area contributed by atoms with Crippen LogP contribution in [0.15, 0.2) is 23.1 Å². The molecule has 2 N–H and O–H groups in total. The highest BCUT2D eigenvalue weighted by molar-refractivity contribution is 7.89. The number of hydrogen-bond donors (Lipinski definition) is 2. The quantitative estimate of drug-likeness (QED) is 0.860. The summed E-state index contributed by atoms with van der Waals surface area (Å²) in [5.74, 6) is -0.194. The van der Waals surface area contributed by atoms with Crippen LogP contribution in [0.5, 0.6) is 0 Å². The summed E-state index contributed by atoms with van der Waals surface area (Å²) in [6, 6.07) is 4.14. The van der Waals surface area contributed by atoms with E-state index in [9.17, 15) is 12.8 Å². The maximum atomic E-state index is 13.6. The monoisotopic (exact) mass is 286 g/mol. The van der Waals surface area contributed by atoms with E-state index >= 15 is 0 Å². The van der Waals surface area contributed by atoms with Crippen LogP contribution in [0.4, 0.5) is 4.39 Å². The lowest BCUT2D eigenvalue weighted by atomic mass is 10.1. The van der Waals surface area contributed by atoms with E-state index in [1.807, 2.05) is 0 Å². The van der Waals surface area contributed by atoms with Crippen LogP contribution in [0, 0.1) is 18.7 Å². The van der Waals surface area contributed by atoms with Gasteiger partial charge in [-0.05, 0) is 56.5 Å². The smallest absolute Gasteiger partial charge is 0.243 e. The normalized spacial score (nSPS) is 19.8. The molecular weight excluding hydrogens is 267 g/mol. The molecule has 4 nitrogen and oxygen atoms in total. The van der Waals surface area contributed by atoms with Crippen molar-refractivity contribution in [2.24, 2.45) is 5.92 Å². The number of rotatable bonds is 5. The van der Waals surface area contributed by atoms with Crippen molar-refractivity contribution in [3.8, 4) is 0 Å². The third kappa shape index (κ3) is 3.75. The van der Waals surface area contributed by atoms with Crippen molar-refractivity contribution in [1.82, 2.24) is 10.0 Å². The van der Waals surface area contributed by atoms with Crippen LogP contribution in [0.2, 0.25) is 0 Å². The van der Waals surface area contributed by atoms with Gasteiger partial charge in [0.2, 0.25) is 10.0 Å². The first-order valence-electron chi connectivity index (χ1n) is 6.45. The molecular formula is C13H19FN2O2S. The fourth-order valence-corrected chi connectivity index (χ4v) is 3.36. The highest BCUT2D eigenvalue weighted by Crippen LogP contribution is 2.16. The summed E-state index contributed by atoms with van der Waals surface area (Å²) >= 11 is 0. The summed E-state index contributed by atoms with van der Waals surface area (Å²) in [5, 5.41) is 3.23. The molecule has 0 radical (unpaired) electrons. The molecule has 1 fully saturated rings. The molecule has 1 atom stereocenters. The van der Waals surface area contributed by atoms with E-state index in [2.05, 4.69) is 10.0 Å². The van der Waals surface area contributed by atoms with E-state index < -0.39 is 15.8 Å².